The lowest BCUT2D eigenvalue weighted by Crippen LogP contribution is -2.54. The average Bonchev–Trinajstić information content (AvgIpc) is 2.99. The van der Waals surface area contributed by atoms with Gasteiger partial charge in [0.05, 0.1) is 10.6 Å². The minimum Gasteiger partial charge on any atom is -0.352 e. The molecule has 0 radical (unpaired) electrons. The van der Waals surface area contributed by atoms with E-state index in [1.807, 2.05) is 64.1 Å². The molecule has 0 unspecified atom stereocenters. The zero-order valence-electron chi connectivity index (χ0n) is 25.2. The summed E-state index contributed by atoms with van der Waals surface area (Å²) in [6.45, 7) is 7.38. The number of amides is 2. The van der Waals surface area contributed by atoms with Crippen molar-refractivity contribution in [3.05, 3.63) is 95.1 Å². The summed E-state index contributed by atoms with van der Waals surface area (Å²) in [6.07, 6.45) is 5.61. The summed E-state index contributed by atoms with van der Waals surface area (Å²) in [5.41, 5.74) is 3.98. The lowest BCUT2D eigenvalue weighted by molar-refractivity contribution is -0.140. The Balaban J connectivity index is 1.74. The van der Waals surface area contributed by atoms with Gasteiger partial charge in [-0.25, -0.2) is 8.42 Å². The van der Waals surface area contributed by atoms with Gasteiger partial charge in [-0.05, 0) is 80.5 Å². The van der Waals surface area contributed by atoms with E-state index in [-0.39, 0.29) is 23.4 Å². The highest BCUT2D eigenvalue weighted by atomic mass is 32.2. The first kappa shape index (κ1) is 31.3. The van der Waals surface area contributed by atoms with Crippen LogP contribution in [-0.2, 0) is 26.2 Å². The van der Waals surface area contributed by atoms with Gasteiger partial charge in [0.25, 0.3) is 10.0 Å². The molecular formula is C34H43N3O4S. The van der Waals surface area contributed by atoms with Crippen molar-refractivity contribution in [1.82, 2.24) is 10.2 Å². The number of hydrogen-bond donors (Lipinski definition) is 1. The maximum absolute atomic E-state index is 14.4. The van der Waals surface area contributed by atoms with Gasteiger partial charge in [0.1, 0.15) is 12.6 Å². The van der Waals surface area contributed by atoms with Crippen molar-refractivity contribution >= 4 is 27.5 Å². The van der Waals surface area contributed by atoms with E-state index in [0.717, 1.165) is 47.9 Å². The van der Waals surface area contributed by atoms with Gasteiger partial charge in [-0.3, -0.25) is 13.9 Å². The molecule has 1 atom stereocenters. The highest BCUT2D eigenvalue weighted by Crippen LogP contribution is 2.29. The number of anilines is 1. The van der Waals surface area contributed by atoms with Gasteiger partial charge in [0.2, 0.25) is 11.8 Å². The molecule has 1 aliphatic rings. The third kappa shape index (κ3) is 7.40. The second kappa shape index (κ2) is 14.0. The first-order valence-electron chi connectivity index (χ1n) is 14.9. The molecule has 8 heteroatoms. The number of hydrogen-bond acceptors (Lipinski definition) is 4. The van der Waals surface area contributed by atoms with Gasteiger partial charge in [-0.15, -0.1) is 0 Å². The lowest BCUT2D eigenvalue weighted by atomic mass is 9.95. The largest absolute Gasteiger partial charge is 0.352 e. The van der Waals surface area contributed by atoms with Crippen LogP contribution in [0.2, 0.25) is 0 Å². The van der Waals surface area contributed by atoms with E-state index in [9.17, 15) is 18.0 Å². The van der Waals surface area contributed by atoms with Crippen LogP contribution in [0.1, 0.15) is 67.7 Å². The lowest BCUT2D eigenvalue weighted by Gasteiger charge is -2.35. The van der Waals surface area contributed by atoms with Gasteiger partial charge < -0.3 is 10.2 Å². The second-order valence-corrected chi connectivity index (χ2v) is 13.2. The van der Waals surface area contributed by atoms with Crippen LogP contribution in [0.4, 0.5) is 5.69 Å². The Morgan fingerprint density at radius 3 is 2.21 bits per heavy atom. The molecule has 42 heavy (non-hydrogen) atoms. The minimum absolute atomic E-state index is 0.0978. The number of aryl methyl sites for hydroxylation is 3. The summed E-state index contributed by atoms with van der Waals surface area (Å²) in [5, 5.41) is 3.20. The third-order valence-electron chi connectivity index (χ3n) is 8.18. The number of carbonyl (C=O) groups excluding carboxylic acids is 2. The molecule has 0 spiro atoms. The molecule has 7 nitrogen and oxygen atoms in total. The zero-order chi connectivity index (χ0) is 30.3. The summed E-state index contributed by atoms with van der Waals surface area (Å²) < 4.78 is 29.4. The predicted octanol–water partition coefficient (Wildman–Crippen LogP) is 6.06. The van der Waals surface area contributed by atoms with Crippen molar-refractivity contribution in [2.75, 3.05) is 10.8 Å². The summed E-state index contributed by atoms with van der Waals surface area (Å²) in [4.78, 5) is 29.7. The van der Waals surface area contributed by atoms with Crippen LogP contribution in [0.3, 0.4) is 0 Å². The van der Waals surface area contributed by atoms with E-state index in [1.54, 1.807) is 29.2 Å². The van der Waals surface area contributed by atoms with E-state index >= 15 is 0 Å². The Kier molecular flexibility index (Phi) is 10.4. The van der Waals surface area contributed by atoms with Gasteiger partial charge in [0, 0.05) is 12.6 Å². The molecule has 2 amide bonds. The van der Waals surface area contributed by atoms with Crippen LogP contribution in [0, 0.1) is 20.8 Å². The van der Waals surface area contributed by atoms with Crippen LogP contribution >= 0.6 is 0 Å². The van der Waals surface area contributed by atoms with E-state index in [2.05, 4.69) is 5.32 Å². The van der Waals surface area contributed by atoms with Crippen molar-refractivity contribution < 1.29 is 18.0 Å². The molecule has 1 saturated carbocycles. The van der Waals surface area contributed by atoms with Crippen molar-refractivity contribution in [1.29, 1.82) is 0 Å². The Bertz CT molecular complexity index is 1480. The molecule has 1 fully saturated rings. The summed E-state index contributed by atoms with van der Waals surface area (Å²) in [5.74, 6) is -0.611. The Morgan fingerprint density at radius 1 is 0.881 bits per heavy atom. The van der Waals surface area contributed by atoms with E-state index in [0.29, 0.717) is 12.1 Å². The van der Waals surface area contributed by atoms with E-state index in [4.69, 9.17) is 0 Å². The van der Waals surface area contributed by atoms with Crippen molar-refractivity contribution in [2.24, 2.45) is 0 Å². The predicted molar refractivity (Wildman–Crippen MR) is 168 cm³/mol. The number of nitrogens with zero attached hydrogens (tertiary/aromatic N) is 2. The highest BCUT2D eigenvalue weighted by molar-refractivity contribution is 7.92. The van der Waals surface area contributed by atoms with Gasteiger partial charge in [-0.1, -0.05) is 80.8 Å². The third-order valence-corrected chi connectivity index (χ3v) is 9.96. The first-order valence-corrected chi connectivity index (χ1v) is 16.3. The van der Waals surface area contributed by atoms with Crippen LogP contribution in [0.25, 0.3) is 0 Å². The number of rotatable bonds is 11. The topological polar surface area (TPSA) is 86.8 Å². The number of benzene rings is 3. The smallest absolute Gasteiger partial charge is 0.264 e. The van der Waals surface area contributed by atoms with Gasteiger partial charge >= 0.3 is 0 Å². The summed E-state index contributed by atoms with van der Waals surface area (Å²) in [7, 11) is -4.09. The van der Waals surface area contributed by atoms with Crippen LogP contribution in [-0.4, -0.2) is 43.8 Å². The number of carbonyl (C=O) groups is 2. The van der Waals surface area contributed by atoms with Gasteiger partial charge in [0.15, 0.2) is 0 Å². The average molecular weight is 590 g/mol. The maximum Gasteiger partial charge on any atom is 0.264 e. The fourth-order valence-corrected chi connectivity index (χ4v) is 7.15. The quantitative estimate of drug-likeness (QED) is 0.294. The van der Waals surface area contributed by atoms with Crippen LogP contribution in [0.5, 0.6) is 0 Å². The second-order valence-electron chi connectivity index (χ2n) is 11.3. The molecule has 1 N–H and O–H groups in total. The fourth-order valence-electron chi connectivity index (χ4n) is 5.66. The molecular weight excluding hydrogens is 546 g/mol. The molecule has 4 rings (SSSR count). The van der Waals surface area contributed by atoms with Crippen molar-refractivity contribution in [3.63, 3.8) is 0 Å². The molecule has 224 valence electrons. The zero-order valence-corrected chi connectivity index (χ0v) is 26.0. The molecule has 0 aromatic heterocycles. The molecule has 0 heterocycles. The molecule has 3 aromatic carbocycles. The molecule has 3 aromatic rings. The fraction of sp³-hybridized carbons (Fsp3) is 0.412. The Labute approximate surface area is 251 Å². The molecule has 0 bridgehead atoms. The minimum atomic E-state index is -4.09. The summed E-state index contributed by atoms with van der Waals surface area (Å²) in [6, 6.07) is 20.9. The maximum atomic E-state index is 14.4. The monoisotopic (exact) mass is 589 g/mol. The van der Waals surface area contributed by atoms with Crippen LogP contribution in [0.15, 0.2) is 77.7 Å². The SMILES string of the molecule is CC[C@@H](C(=O)NC1CCCCC1)N(Cc1ccccc1C)C(=O)CN(c1cc(C)ccc1C)S(=O)(=O)c1ccccc1. The Hall–Kier alpha value is -3.65. The summed E-state index contributed by atoms with van der Waals surface area (Å²) >= 11 is 0. The van der Waals surface area contributed by atoms with Crippen LogP contribution < -0.4 is 9.62 Å². The van der Waals surface area contributed by atoms with Crippen molar-refractivity contribution in [3.8, 4) is 0 Å². The van der Waals surface area contributed by atoms with Gasteiger partial charge in [-0.2, -0.15) is 0 Å². The molecule has 1 aliphatic carbocycles. The van der Waals surface area contributed by atoms with E-state index < -0.39 is 28.5 Å². The van der Waals surface area contributed by atoms with E-state index in [1.165, 1.54) is 22.9 Å². The normalized spacial score (nSPS) is 14.7. The standard InChI is InChI=1S/C34H43N3O4S/c1-5-31(34(39)35-29-16-8-6-9-17-29)36(23-28-15-13-12-14-26(28)3)33(38)24-37(32-22-25(2)20-21-27(32)4)42(40,41)30-18-10-7-11-19-30/h7,10-15,18-22,29,31H,5-6,8-9,16-17,23-24H2,1-4H3,(H,35,39)/t31-/m0/s1. The highest BCUT2D eigenvalue weighted by Gasteiger charge is 2.35. The number of nitrogens with one attached hydrogen (secondary N) is 1. The Morgan fingerprint density at radius 2 is 1.55 bits per heavy atom. The van der Waals surface area contributed by atoms with Crippen molar-refractivity contribution in [2.45, 2.75) is 89.7 Å². The number of sulfonamides is 1. The first-order chi connectivity index (χ1) is 20.1. The molecule has 0 saturated heterocycles. The molecule has 0 aliphatic heterocycles.